The third-order valence-electron chi connectivity index (χ3n) is 7.24. The lowest BCUT2D eigenvalue weighted by Crippen LogP contribution is -2.40. The Bertz CT molecular complexity index is 1250. The van der Waals surface area contributed by atoms with E-state index in [2.05, 4.69) is 57.0 Å². The van der Waals surface area contributed by atoms with Crippen LogP contribution < -0.4 is 14.4 Å². The first-order valence-corrected chi connectivity index (χ1v) is 15.8. The van der Waals surface area contributed by atoms with Gasteiger partial charge in [0.2, 0.25) is 0 Å². The first-order chi connectivity index (χ1) is 17.1. The molecular formula is C29H35NO4SSi. The molecule has 1 aliphatic rings. The number of carbonyl (C=O) groups is 1. The van der Waals surface area contributed by atoms with Crippen LogP contribution in [-0.2, 0) is 17.6 Å². The molecule has 0 saturated heterocycles. The molecule has 0 aliphatic carbocycles. The predicted octanol–water partition coefficient (Wildman–Crippen LogP) is 7.84. The van der Waals surface area contributed by atoms with Crippen molar-refractivity contribution in [2.75, 3.05) is 19.1 Å². The Hall–Kier alpha value is -2.74. The highest BCUT2D eigenvalue weighted by Crippen LogP contribution is 2.54. The zero-order valence-electron chi connectivity index (χ0n) is 22.2. The van der Waals surface area contributed by atoms with Crippen LogP contribution in [-0.4, -0.2) is 28.8 Å². The van der Waals surface area contributed by atoms with Crippen molar-refractivity contribution in [3.8, 4) is 11.5 Å². The number of hydrogen-bond donors (Lipinski definition) is 0. The van der Waals surface area contributed by atoms with E-state index in [-0.39, 0.29) is 5.04 Å². The Balaban J connectivity index is 1.88. The Labute approximate surface area is 219 Å². The van der Waals surface area contributed by atoms with Crippen LogP contribution in [0.15, 0.2) is 64.4 Å². The second kappa shape index (κ2) is 10.3. The van der Waals surface area contributed by atoms with Gasteiger partial charge < -0.3 is 18.8 Å². The summed E-state index contributed by atoms with van der Waals surface area (Å²) in [5, 5.41) is 0.0895. The van der Waals surface area contributed by atoms with Crippen LogP contribution in [0.4, 0.5) is 11.4 Å². The van der Waals surface area contributed by atoms with E-state index in [0.29, 0.717) is 24.5 Å². The number of nitrogens with zero attached hydrogens (tertiary/aromatic N) is 1. The van der Waals surface area contributed by atoms with Crippen LogP contribution in [0.3, 0.4) is 0 Å². The minimum atomic E-state index is -2.01. The largest absolute Gasteiger partial charge is 0.496 e. The van der Waals surface area contributed by atoms with Crippen molar-refractivity contribution in [3.05, 3.63) is 71.3 Å². The number of methoxy groups -OCH3 is 2. The van der Waals surface area contributed by atoms with Gasteiger partial charge in [0.1, 0.15) is 11.5 Å². The molecular weight excluding hydrogens is 486 g/mol. The number of fused-ring (bicyclic) bond motifs is 2. The van der Waals surface area contributed by atoms with E-state index in [0.717, 1.165) is 38.8 Å². The van der Waals surface area contributed by atoms with E-state index in [1.807, 2.05) is 36.4 Å². The second-order valence-electron chi connectivity index (χ2n) is 10.5. The van der Waals surface area contributed by atoms with Crippen molar-refractivity contribution in [2.45, 2.75) is 61.8 Å². The van der Waals surface area contributed by atoms with Crippen molar-refractivity contribution in [2.24, 2.45) is 0 Å². The molecule has 3 aromatic carbocycles. The smallest absolute Gasteiger partial charge is 0.192 e. The molecule has 1 aliphatic heterocycles. The topological polar surface area (TPSA) is 48.0 Å². The summed E-state index contributed by atoms with van der Waals surface area (Å²) in [5.74, 6) is 1.36. The second-order valence-corrected chi connectivity index (χ2v) is 16.3. The molecule has 0 aromatic heterocycles. The van der Waals surface area contributed by atoms with Crippen LogP contribution >= 0.6 is 11.8 Å². The molecule has 1 heterocycles. The molecule has 0 amide bonds. The number of aldehydes is 1. The molecule has 0 fully saturated rings. The molecule has 36 heavy (non-hydrogen) atoms. The number of anilines is 2. The maximum absolute atomic E-state index is 12.3. The third kappa shape index (κ3) is 4.92. The molecule has 0 N–H and O–H groups in total. The highest BCUT2D eigenvalue weighted by molar-refractivity contribution is 8.00. The zero-order chi connectivity index (χ0) is 26.1. The Morgan fingerprint density at radius 1 is 0.889 bits per heavy atom. The summed E-state index contributed by atoms with van der Waals surface area (Å²) in [5.41, 5.74) is 4.81. The minimum Gasteiger partial charge on any atom is -0.496 e. The number of ether oxygens (including phenoxy) is 2. The van der Waals surface area contributed by atoms with Crippen LogP contribution in [0, 0.1) is 0 Å². The van der Waals surface area contributed by atoms with E-state index in [9.17, 15) is 4.79 Å². The maximum Gasteiger partial charge on any atom is 0.192 e. The summed E-state index contributed by atoms with van der Waals surface area (Å²) in [6.07, 6.45) is 0.891. The number of carbonyl (C=O) groups excluding carboxylic acids is 1. The van der Waals surface area contributed by atoms with Crippen LogP contribution in [0.1, 0.15) is 42.3 Å². The van der Waals surface area contributed by atoms with Crippen molar-refractivity contribution >= 4 is 37.7 Å². The number of hydrogen-bond acceptors (Lipinski definition) is 6. The summed E-state index contributed by atoms with van der Waals surface area (Å²) in [6, 6.07) is 18.4. The van der Waals surface area contributed by atoms with Gasteiger partial charge in [-0.1, -0.05) is 62.9 Å². The average Bonchev–Trinajstić information content (AvgIpc) is 2.86. The first kappa shape index (κ1) is 26.3. The molecule has 0 saturated carbocycles. The molecule has 4 rings (SSSR count). The summed E-state index contributed by atoms with van der Waals surface area (Å²) in [7, 11) is 1.29. The summed E-state index contributed by atoms with van der Waals surface area (Å²) < 4.78 is 18.0. The summed E-state index contributed by atoms with van der Waals surface area (Å²) in [6.45, 7) is 12.4. The fourth-order valence-electron chi connectivity index (χ4n) is 4.07. The van der Waals surface area contributed by atoms with Crippen LogP contribution in [0.25, 0.3) is 0 Å². The van der Waals surface area contributed by atoms with E-state index < -0.39 is 8.32 Å². The van der Waals surface area contributed by atoms with Gasteiger partial charge in [-0.25, -0.2) is 0 Å². The van der Waals surface area contributed by atoms with E-state index in [1.165, 1.54) is 5.56 Å². The third-order valence-corrected chi connectivity index (χ3v) is 13.0. The van der Waals surface area contributed by atoms with Gasteiger partial charge in [0.05, 0.1) is 42.7 Å². The van der Waals surface area contributed by atoms with E-state index >= 15 is 0 Å². The quantitative estimate of drug-likeness (QED) is 0.222. The van der Waals surface area contributed by atoms with Crippen LogP contribution in [0.2, 0.25) is 18.1 Å². The molecule has 7 heteroatoms. The normalized spacial score (nSPS) is 13.1. The van der Waals surface area contributed by atoms with E-state index in [1.54, 1.807) is 26.0 Å². The highest BCUT2D eigenvalue weighted by Gasteiger charge is 2.38. The van der Waals surface area contributed by atoms with Gasteiger partial charge >= 0.3 is 0 Å². The molecule has 190 valence electrons. The van der Waals surface area contributed by atoms with Crippen LogP contribution in [0.5, 0.6) is 11.5 Å². The lowest BCUT2D eigenvalue weighted by atomic mass is 10.1. The van der Waals surface area contributed by atoms with Gasteiger partial charge in [0, 0.05) is 17.0 Å². The van der Waals surface area contributed by atoms with Gasteiger partial charge in [-0.05, 0) is 48.0 Å². The monoisotopic (exact) mass is 521 g/mol. The standard InChI is InChI=1S/C29H35NO4SSi/c1-29(2,3)36(6,7)34-19-22-26(33-5)16-14-24-28(22)35-27-21(18-31)25(32-4)15-13-23(27)30(24)17-20-11-9-8-10-12-20/h8-16,18H,17,19H2,1-7H3. The maximum atomic E-state index is 12.3. The molecule has 0 radical (unpaired) electrons. The zero-order valence-corrected chi connectivity index (χ0v) is 24.0. The van der Waals surface area contributed by atoms with Crippen molar-refractivity contribution in [1.82, 2.24) is 0 Å². The predicted molar refractivity (Wildman–Crippen MR) is 150 cm³/mol. The first-order valence-electron chi connectivity index (χ1n) is 12.1. The van der Waals surface area contributed by atoms with Gasteiger partial charge in [-0.15, -0.1) is 0 Å². The Kier molecular flexibility index (Phi) is 7.55. The van der Waals surface area contributed by atoms with Crippen molar-refractivity contribution in [1.29, 1.82) is 0 Å². The van der Waals surface area contributed by atoms with Gasteiger partial charge in [0.25, 0.3) is 0 Å². The molecule has 0 bridgehead atoms. The Morgan fingerprint density at radius 3 is 2.08 bits per heavy atom. The number of rotatable bonds is 8. The number of benzene rings is 3. The summed E-state index contributed by atoms with van der Waals surface area (Å²) >= 11 is 1.59. The van der Waals surface area contributed by atoms with E-state index in [4.69, 9.17) is 13.9 Å². The molecule has 0 spiro atoms. The summed E-state index contributed by atoms with van der Waals surface area (Å²) in [4.78, 5) is 16.5. The lowest BCUT2D eigenvalue weighted by Gasteiger charge is -2.38. The molecule has 0 atom stereocenters. The minimum absolute atomic E-state index is 0.0895. The molecule has 5 nitrogen and oxygen atoms in total. The fourth-order valence-corrected chi connectivity index (χ4v) is 6.32. The van der Waals surface area contributed by atoms with Gasteiger partial charge in [-0.3, -0.25) is 4.79 Å². The van der Waals surface area contributed by atoms with Gasteiger partial charge in [0.15, 0.2) is 14.6 Å². The highest BCUT2D eigenvalue weighted by atomic mass is 32.2. The molecule has 0 unspecified atom stereocenters. The fraction of sp³-hybridized carbons (Fsp3) is 0.345. The SMILES string of the molecule is COc1ccc2c(c1C=O)Sc1c(ccc(OC)c1CO[Si](C)(C)C(C)(C)C)N2Cc1ccccc1. The van der Waals surface area contributed by atoms with Crippen molar-refractivity contribution < 1.29 is 18.7 Å². The molecule has 3 aromatic rings. The Morgan fingerprint density at radius 2 is 1.50 bits per heavy atom. The van der Waals surface area contributed by atoms with Crippen molar-refractivity contribution in [3.63, 3.8) is 0 Å². The van der Waals surface area contributed by atoms with Gasteiger partial charge in [-0.2, -0.15) is 0 Å². The lowest BCUT2D eigenvalue weighted by molar-refractivity contribution is 0.111. The average molecular weight is 522 g/mol.